The first-order valence-corrected chi connectivity index (χ1v) is 5.04. The molecule has 1 aliphatic heterocycles. The number of aromatic nitrogens is 1. The van der Waals surface area contributed by atoms with Crippen LogP contribution in [0.4, 0.5) is 4.79 Å². The average Bonchev–Trinajstić information content (AvgIpc) is 2.56. The van der Waals surface area contributed by atoms with Crippen LogP contribution in [-0.2, 0) is 13.1 Å². The van der Waals surface area contributed by atoms with Crippen LogP contribution in [0.15, 0.2) is 6.07 Å². The fourth-order valence-electron chi connectivity index (χ4n) is 1.82. The van der Waals surface area contributed by atoms with Crippen molar-refractivity contribution in [3.05, 3.63) is 22.5 Å². The fourth-order valence-corrected chi connectivity index (χ4v) is 2.12. The topological polar surface area (TPSA) is 88.6 Å². The SMILES string of the molecule is NC(=O)c1cc(Cl)n2c1CN(C(=O)O)CC2. The number of carboxylic acid groups (broad SMARTS) is 1. The lowest BCUT2D eigenvalue weighted by Crippen LogP contribution is -2.38. The molecule has 0 saturated carbocycles. The van der Waals surface area contributed by atoms with Crippen LogP contribution in [0.1, 0.15) is 16.1 Å². The maximum Gasteiger partial charge on any atom is 0.407 e. The van der Waals surface area contributed by atoms with E-state index in [-0.39, 0.29) is 12.1 Å². The molecule has 0 fully saturated rings. The maximum absolute atomic E-state index is 11.1. The minimum Gasteiger partial charge on any atom is -0.465 e. The summed E-state index contributed by atoms with van der Waals surface area (Å²) in [6.07, 6.45) is -1.01. The van der Waals surface area contributed by atoms with Gasteiger partial charge in [-0.15, -0.1) is 0 Å². The van der Waals surface area contributed by atoms with Crippen LogP contribution in [0.2, 0.25) is 5.15 Å². The number of nitrogens with zero attached hydrogens (tertiary/aromatic N) is 2. The van der Waals surface area contributed by atoms with Crippen molar-refractivity contribution < 1.29 is 14.7 Å². The molecule has 2 amide bonds. The molecule has 1 aromatic heterocycles. The standard InChI is InChI=1S/C9H10ClN3O3/c10-7-3-5(8(11)14)6-4-12(9(15)16)1-2-13(6)7/h3H,1-2,4H2,(H2,11,14)(H,15,16). The Morgan fingerprint density at radius 1 is 1.44 bits per heavy atom. The van der Waals surface area contributed by atoms with E-state index >= 15 is 0 Å². The third kappa shape index (κ3) is 1.61. The van der Waals surface area contributed by atoms with Crippen LogP contribution in [0.5, 0.6) is 0 Å². The molecule has 0 unspecified atom stereocenters. The van der Waals surface area contributed by atoms with Crippen molar-refractivity contribution in [2.24, 2.45) is 5.73 Å². The second-order valence-corrected chi connectivity index (χ2v) is 3.93. The zero-order chi connectivity index (χ0) is 11.9. The van der Waals surface area contributed by atoms with Gasteiger partial charge in [-0.25, -0.2) is 4.79 Å². The second-order valence-electron chi connectivity index (χ2n) is 3.55. The van der Waals surface area contributed by atoms with E-state index in [1.165, 1.54) is 11.0 Å². The number of halogens is 1. The van der Waals surface area contributed by atoms with Gasteiger partial charge in [0.25, 0.3) is 5.91 Å². The molecule has 0 aromatic carbocycles. The maximum atomic E-state index is 11.1. The number of carbonyl (C=O) groups excluding carboxylic acids is 1. The van der Waals surface area contributed by atoms with Gasteiger partial charge < -0.3 is 20.3 Å². The molecular weight excluding hydrogens is 234 g/mol. The predicted molar refractivity (Wildman–Crippen MR) is 56.4 cm³/mol. The molecule has 2 rings (SSSR count). The summed E-state index contributed by atoms with van der Waals surface area (Å²) in [5.74, 6) is -0.595. The number of primary amides is 1. The first kappa shape index (κ1) is 10.8. The summed E-state index contributed by atoms with van der Waals surface area (Å²) in [5, 5.41) is 9.28. The first-order valence-electron chi connectivity index (χ1n) is 4.66. The number of hydrogen-bond donors (Lipinski definition) is 2. The van der Waals surface area contributed by atoms with Gasteiger partial charge in [0.2, 0.25) is 0 Å². The molecule has 0 atom stereocenters. The quantitative estimate of drug-likeness (QED) is 0.762. The van der Waals surface area contributed by atoms with E-state index in [1.54, 1.807) is 4.57 Å². The van der Waals surface area contributed by atoms with Gasteiger partial charge >= 0.3 is 6.09 Å². The predicted octanol–water partition coefficient (Wildman–Crippen LogP) is 0.734. The Kier molecular flexibility index (Phi) is 2.51. The highest BCUT2D eigenvalue weighted by Gasteiger charge is 2.26. The molecule has 16 heavy (non-hydrogen) atoms. The molecule has 0 radical (unpaired) electrons. The van der Waals surface area contributed by atoms with Gasteiger partial charge in [-0.2, -0.15) is 0 Å². The molecule has 2 heterocycles. The molecule has 0 bridgehead atoms. The molecule has 86 valence electrons. The summed E-state index contributed by atoms with van der Waals surface area (Å²) in [7, 11) is 0. The Morgan fingerprint density at radius 3 is 2.69 bits per heavy atom. The highest BCUT2D eigenvalue weighted by Crippen LogP contribution is 2.25. The summed E-state index contributed by atoms with van der Waals surface area (Å²) >= 11 is 5.92. The van der Waals surface area contributed by atoms with Gasteiger partial charge in [0.05, 0.1) is 17.8 Å². The van der Waals surface area contributed by atoms with Crippen molar-refractivity contribution in [2.45, 2.75) is 13.1 Å². The van der Waals surface area contributed by atoms with Crippen LogP contribution in [0, 0.1) is 0 Å². The van der Waals surface area contributed by atoms with Crippen molar-refractivity contribution in [1.82, 2.24) is 9.47 Å². The third-order valence-electron chi connectivity index (χ3n) is 2.63. The number of hydrogen-bond acceptors (Lipinski definition) is 2. The lowest BCUT2D eigenvalue weighted by Gasteiger charge is -2.27. The third-order valence-corrected chi connectivity index (χ3v) is 2.94. The Morgan fingerprint density at radius 2 is 2.12 bits per heavy atom. The van der Waals surface area contributed by atoms with E-state index in [4.69, 9.17) is 22.4 Å². The number of fused-ring (bicyclic) bond motifs is 1. The van der Waals surface area contributed by atoms with Gasteiger partial charge in [-0.1, -0.05) is 11.6 Å². The van der Waals surface area contributed by atoms with E-state index in [2.05, 4.69) is 0 Å². The van der Waals surface area contributed by atoms with Crippen molar-refractivity contribution in [3.8, 4) is 0 Å². The molecule has 1 aliphatic rings. The highest BCUT2D eigenvalue weighted by atomic mass is 35.5. The average molecular weight is 244 g/mol. The van der Waals surface area contributed by atoms with Crippen molar-refractivity contribution in [3.63, 3.8) is 0 Å². The van der Waals surface area contributed by atoms with Crippen LogP contribution in [0.3, 0.4) is 0 Å². The van der Waals surface area contributed by atoms with Gasteiger partial charge in [0.1, 0.15) is 5.15 Å². The number of carbonyl (C=O) groups is 2. The van der Waals surface area contributed by atoms with Gasteiger partial charge in [0, 0.05) is 13.1 Å². The molecule has 0 aliphatic carbocycles. The van der Waals surface area contributed by atoms with Crippen molar-refractivity contribution >= 4 is 23.6 Å². The second kappa shape index (κ2) is 3.71. The normalized spacial score (nSPS) is 14.7. The fraction of sp³-hybridized carbons (Fsp3) is 0.333. The van der Waals surface area contributed by atoms with Gasteiger partial charge in [0.15, 0.2) is 0 Å². The Labute approximate surface area is 96.2 Å². The van der Waals surface area contributed by atoms with E-state index in [9.17, 15) is 9.59 Å². The number of amides is 2. The van der Waals surface area contributed by atoms with Gasteiger partial charge in [-0.05, 0) is 6.07 Å². The van der Waals surface area contributed by atoms with E-state index in [1.807, 2.05) is 0 Å². The monoisotopic (exact) mass is 243 g/mol. The number of rotatable bonds is 1. The molecule has 3 N–H and O–H groups in total. The lowest BCUT2D eigenvalue weighted by atomic mass is 10.2. The van der Waals surface area contributed by atoms with Crippen LogP contribution < -0.4 is 5.73 Å². The Bertz CT molecular complexity index is 469. The van der Waals surface area contributed by atoms with E-state index in [0.717, 1.165) is 0 Å². The molecule has 7 heteroatoms. The summed E-state index contributed by atoms with van der Waals surface area (Å²) in [5.41, 5.74) is 6.05. The van der Waals surface area contributed by atoms with Crippen LogP contribution in [-0.4, -0.2) is 33.1 Å². The Hall–Kier alpha value is -1.69. The first-order chi connectivity index (χ1) is 7.50. The smallest absolute Gasteiger partial charge is 0.407 e. The number of nitrogens with two attached hydrogens (primary N) is 1. The minimum atomic E-state index is -1.01. The molecule has 0 saturated heterocycles. The summed E-state index contributed by atoms with van der Waals surface area (Å²) < 4.78 is 1.71. The van der Waals surface area contributed by atoms with Crippen molar-refractivity contribution in [2.75, 3.05) is 6.54 Å². The zero-order valence-corrected chi connectivity index (χ0v) is 9.07. The van der Waals surface area contributed by atoms with Crippen molar-refractivity contribution in [1.29, 1.82) is 0 Å². The highest BCUT2D eigenvalue weighted by molar-refractivity contribution is 6.30. The van der Waals surface area contributed by atoms with E-state index in [0.29, 0.717) is 23.9 Å². The summed E-state index contributed by atoms with van der Waals surface area (Å²) in [4.78, 5) is 23.2. The zero-order valence-electron chi connectivity index (χ0n) is 8.31. The van der Waals surface area contributed by atoms with Gasteiger partial charge in [-0.3, -0.25) is 4.79 Å². The summed E-state index contributed by atoms with van der Waals surface area (Å²) in [6.45, 7) is 0.934. The van der Waals surface area contributed by atoms with Crippen LogP contribution >= 0.6 is 11.6 Å². The molecule has 0 spiro atoms. The van der Waals surface area contributed by atoms with Crippen LogP contribution in [0.25, 0.3) is 0 Å². The molecule has 6 nitrogen and oxygen atoms in total. The summed E-state index contributed by atoms with van der Waals surface area (Å²) in [6, 6.07) is 1.48. The Balaban J connectivity index is 2.42. The van der Waals surface area contributed by atoms with E-state index < -0.39 is 12.0 Å². The minimum absolute atomic E-state index is 0.139. The largest absolute Gasteiger partial charge is 0.465 e. The lowest BCUT2D eigenvalue weighted by molar-refractivity contribution is 0.0993. The molecule has 1 aromatic rings. The molecular formula is C9H10ClN3O3.